The monoisotopic (exact) mass is 403 g/mol. The van der Waals surface area contributed by atoms with Crippen molar-refractivity contribution in [2.75, 3.05) is 26.7 Å². The van der Waals surface area contributed by atoms with Gasteiger partial charge in [-0.25, -0.2) is 8.42 Å². The molecule has 1 unspecified atom stereocenters. The number of hydrogen-bond acceptors (Lipinski definition) is 4. The number of nitrogens with zero attached hydrogens (tertiary/aromatic N) is 1. The topological polar surface area (TPSA) is 78.5 Å². The minimum absolute atomic E-state index is 0. The van der Waals surface area contributed by atoms with Crippen LogP contribution in [0.5, 0.6) is 0 Å². The van der Waals surface area contributed by atoms with Crippen LogP contribution >= 0.6 is 12.4 Å². The summed E-state index contributed by atoms with van der Waals surface area (Å²) in [7, 11) is -1.63. The summed E-state index contributed by atoms with van der Waals surface area (Å²) in [5, 5.41) is 6.01. The second-order valence-corrected chi connectivity index (χ2v) is 8.80. The number of rotatable bonds is 6. The van der Waals surface area contributed by atoms with E-state index in [1.807, 2.05) is 33.9 Å². The predicted octanol–water partition coefficient (Wildman–Crippen LogP) is 1.85. The molecule has 1 aliphatic rings. The molecule has 2 N–H and O–H groups in total. The van der Waals surface area contributed by atoms with Gasteiger partial charge in [-0.2, -0.15) is 4.31 Å². The van der Waals surface area contributed by atoms with Crippen LogP contribution in [0.3, 0.4) is 0 Å². The number of carbonyl (C=O) groups is 1. The van der Waals surface area contributed by atoms with Crippen LogP contribution in [0.4, 0.5) is 0 Å². The van der Waals surface area contributed by atoms with E-state index >= 15 is 0 Å². The number of carbonyl (C=O) groups excluding carboxylic acids is 1. The van der Waals surface area contributed by atoms with Gasteiger partial charge in [0.1, 0.15) is 0 Å². The van der Waals surface area contributed by atoms with Crippen LogP contribution in [-0.2, 0) is 14.8 Å². The van der Waals surface area contributed by atoms with Gasteiger partial charge in [0.15, 0.2) is 0 Å². The van der Waals surface area contributed by atoms with Crippen LogP contribution in [0.15, 0.2) is 23.1 Å². The Morgan fingerprint density at radius 2 is 1.85 bits per heavy atom. The quantitative estimate of drug-likeness (QED) is 0.759. The van der Waals surface area contributed by atoms with Crippen molar-refractivity contribution in [3.63, 3.8) is 0 Å². The average Bonchev–Trinajstić information content (AvgIpc) is 2.61. The molecule has 26 heavy (non-hydrogen) atoms. The van der Waals surface area contributed by atoms with Crippen molar-refractivity contribution >= 4 is 28.3 Å². The third-order valence-corrected chi connectivity index (χ3v) is 6.91. The summed E-state index contributed by atoms with van der Waals surface area (Å²) in [6.07, 6.45) is 1.12. The van der Waals surface area contributed by atoms with Gasteiger partial charge >= 0.3 is 0 Å². The Bertz CT molecular complexity index is 716. The fourth-order valence-corrected chi connectivity index (χ4v) is 4.44. The van der Waals surface area contributed by atoms with E-state index in [4.69, 9.17) is 0 Å². The zero-order chi connectivity index (χ0) is 18.6. The van der Waals surface area contributed by atoms with Gasteiger partial charge in [-0.15, -0.1) is 12.4 Å². The third kappa shape index (κ3) is 5.42. The van der Waals surface area contributed by atoms with Crippen LogP contribution in [0.25, 0.3) is 0 Å². The zero-order valence-corrected chi connectivity index (χ0v) is 17.5. The normalized spacial score (nSPS) is 17.4. The molecular weight excluding hydrogens is 374 g/mol. The Morgan fingerprint density at radius 3 is 2.38 bits per heavy atom. The molecule has 1 atom stereocenters. The van der Waals surface area contributed by atoms with E-state index < -0.39 is 10.0 Å². The number of halogens is 1. The van der Waals surface area contributed by atoms with Crippen LogP contribution < -0.4 is 10.6 Å². The standard InChI is InChI=1S/C18H29N3O3S.ClH/c1-13-5-6-17(11-14(13)2)25(23,24)21-9-7-16(8-10-21)18(22)20-12-15(3)19-4;/h5-6,11,15-16,19H,7-10,12H2,1-4H3,(H,20,22);1H. The maximum absolute atomic E-state index is 12.8. The van der Waals surface area contributed by atoms with Gasteiger partial charge in [0.25, 0.3) is 0 Å². The summed E-state index contributed by atoms with van der Waals surface area (Å²) in [6, 6.07) is 5.44. The first-order chi connectivity index (χ1) is 11.8. The van der Waals surface area contributed by atoms with Crippen molar-refractivity contribution in [2.24, 2.45) is 5.92 Å². The summed E-state index contributed by atoms with van der Waals surface area (Å²) in [4.78, 5) is 12.6. The van der Waals surface area contributed by atoms with Gasteiger partial charge in [-0.1, -0.05) is 6.07 Å². The number of piperidine rings is 1. The molecule has 0 bridgehead atoms. The van der Waals surface area contributed by atoms with Gasteiger partial charge in [0.05, 0.1) is 4.90 Å². The molecule has 1 aromatic rings. The largest absolute Gasteiger partial charge is 0.354 e. The van der Waals surface area contributed by atoms with Crippen molar-refractivity contribution in [3.8, 4) is 0 Å². The van der Waals surface area contributed by atoms with Crippen molar-refractivity contribution in [2.45, 2.75) is 44.6 Å². The molecular formula is C18H30ClN3O3S. The molecule has 6 nitrogen and oxygen atoms in total. The summed E-state index contributed by atoms with van der Waals surface area (Å²) in [5.74, 6) is -0.0967. The van der Waals surface area contributed by atoms with Crippen LogP contribution in [0, 0.1) is 19.8 Å². The first-order valence-electron chi connectivity index (χ1n) is 8.78. The molecule has 1 saturated heterocycles. The maximum Gasteiger partial charge on any atom is 0.243 e. The van der Waals surface area contributed by atoms with E-state index in [9.17, 15) is 13.2 Å². The molecule has 1 aromatic carbocycles. The molecule has 0 saturated carbocycles. The number of nitrogens with one attached hydrogen (secondary N) is 2. The Labute approximate surface area is 163 Å². The average molecular weight is 404 g/mol. The molecule has 0 aromatic heterocycles. The Balaban J connectivity index is 0.00000338. The molecule has 0 spiro atoms. The summed E-state index contributed by atoms with van der Waals surface area (Å²) in [6.45, 7) is 7.22. The minimum atomic E-state index is -3.49. The van der Waals surface area contributed by atoms with Gasteiger partial charge < -0.3 is 10.6 Å². The van der Waals surface area contributed by atoms with E-state index in [1.54, 1.807) is 12.1 Å². The van der Waals surface area contributed by atoms with E-state index in [-0.39, 0.29) is 30.3 Å². The minimum Gasteiger partial charge on any atom is -0.354 e. The molecule has 8 heteroatoms. The Hall–Kier alpha value is -1.15. The number of benzene rings is 1. The zero-order valence-electron chi connectivity index (χ0n) is 15.9. The Kier molecular flexibility index (Phi) is 8.53. The number of hydrogen-bond donors (Lipinski definition) is 2. The van der Waals surface area contributed by atoms with Crippen molar-refractivity contribution in [1.82, 2.24) is 14.9 Å². The third-order valence-electron chi connectivity index (χ3n) is 5.02. The summed E-state index contributed by atoms with van der Waals surface area (Å²) >= 11 is 0. The molecule has 0 aliphatic carbocycles. The molecule has 2 rings (SSSR count). The van der Waals surface area contributed by atoms with E-state index in [0.717, 1.165) is 11.1 Å². The molecule has 148 valence electrons. The fraction of sp³-hybridized carbons (Fsp3) is 0.611. The lowest BCUT2D eigenvalue weighted by Gasteiger charge is -2.31. The van der Waals surface area contributed by atoms with E-state index in [2.05, 4.69) is 10.6 Å². The van der Waals surface area contributed by atoms with E-state index in [0.29, 0.717) is 37.4 Å². The molecule has 1 amide bonds. The van der Waals surface area contributed by atoms with Crippen molar-refractivity contribution in [1.29, 1.82) is 0 Å². The molecule has 1 aliphatic heterocycles. The summed E-state index contributed by atoms with van der Waals surface area (Å²) in [5.41, 5.74) is 2.04. The fourth-order valence-electron chi connectivity index (χ4n) is 2.88. The highest BCUT2D eigenvalue weighted by molar-refractivity contribution is 7.89. The SMILES string of the molecule is CNC(C)CNC(=O)C1CCN(S(=O)(=O)c2ccc(C)c(C)c2)CC1.Cl. The highest BCUT2D eigenvalue weighted by atomic mass is 35.5. The predicted molar refractivity (Wildman–Crippen MR) is 106 cm³/mol. The lowest BCUT2D eigenvalue weighted by Crippen LogP contribution is -2.45. The van der Waals surface area contributed by atoms with Crippen LogP contribution in [0.2, 0.25) is 0 Å². The highest BCUT2D eigenvalue weighted by Gasteiger charge is 2.32. The van der Waals surface area contributed by atoms with Gasteiger partial charge in [0.2, 0.25) is 15.9 Å². The van der Waals surface area contributed by atoms with Crippen molar-refractivity contribution < 1.29 is 13.2 Å². The van der Waals surface area contributed by atoms with Gasteiger partial charge in [-0.3, -0.25) is 4.79 Å². The van der Waals surface area contributed by atoms with E-state index in [1.165, 1.54) is 4.31 Å². The first kappa shape index (κ1) is 22.9. The van der Waals surface area contributed by atoms with Crippen LogP contribution in [0.1, 0.15) is 30.9 Å². The summed E-state index contributed by atoms with van der Waals surface area (Å²) < 4.78 is 27.1. The molecule has 1 fully saturated rings. The lowest BCUT2D eigenvalue weighted by atomic mass is 9.97. The number of amides is 1. The van der Waals surface area contributed by atoms with Crippen molar-refractivity contribution in [3.05, 3.63) is 29.3 Å². The number of sulfonamides is 1. The van der Waals surface area contributed by atoms with Gasteiger partial charge in [-0.05, 0) is 63.9 Å². The first-order valence-corrected chi connectivity index (χ1v) is 10.2. The second kappa shape index (κ2) is 9.69. The number of likely N-dealkylation sites (N-methyl/N-ethyl adjacent to an activating group) is 1. The lowest BCUT2D eigenvalue weighted by molar-refractivity contribution is -0.126. The molecule has 0 radical (unpaired) electrons. The van der Waals surface area contributed by atoms with Crippen LogP contribution in [-0.4, -0.2) is 51.4 Å². The smallest absolute Gasteiger partial charge is 0.243 e. The second-order valence-electron chi connectivity index (χ2n) is 6.86. The Morgan fingerprint density at radius 1 is 1.23 bits per heavy atom. The number of aryl methyl sites for hydroxylation is 2. The van der Waals surface area contributed by atoms with Gasteiger partial charge in [0, 0.05) is 31.6 Å². The highest BCUT2D eigenvalue weighted by Crippen LogP contribution is 2.25. The maximum atomic E-state index is 12.8. The molecule has 1 heterocycles.